The number of methoxy groups -OCH3 is 1. The van der Waals surface area contributed by atoms with Crippen molar-refractivity contribution in [2.24, 2.45) is 5.92 Å². The Kier molecular flexibility index (Phi) is 6.87. The van der Waals surface area contributed by atoms with Gasteiger partial charge in [0.15, 0.2) is 11.6 Å². The van der Waals surface area contributed by atoms with Gasteiger partial charge in [-0.2, -0.15) is 0 Å². The van der Waals surface area contributed by atoms with Gasteiger partial charge in [0.05, 0.1) is 19.2 Å². The number of carbonyl (C=O) groups excluding carboxylic acids is 2. The first-order chi connectivity index (χ1) is 15.1. The first-order valence-corrected chi connectivity index (χ1v) is 11.5. The molecule has 1 aliphatic heterocycles. The van der Waals surface area contributed by atoms with Crippen LogP contribution in [0.15, 0.2) is 35.7 Å². The molecule has 1 aliphatic carbocycles. The van der Waals surface area contributed by atoms with E-state index in [1.54, 1.807) is 46.4 Å². The predicted octanol–water partition coefficient (Wildman–Crippen LogP) is 3.28. The van der Waals surface area contributed by atoms with Crippen LogP contribution in [-0.4, -0.2) is 61.6 Å². The zero-order valence-corrected chi connectivity index (χ0v) is 18.4. The Morgan fingerprint density at radius 2 is 2.06 bits per heavy atom. The summed E-state index contributed by atoms with van der Waals surface area (Å²) in [7, 11) is 1.58. The lowest BCUT2D eigenvalue weighted by Crippen LogP contribution is -2.48. The van der Waals surface area contributed by atoms with Gasteiger partial charge in [-0.25, -0.2) is 4.39 Å². The first kappa shape index (κ1) is 21.8. The lowest BCUT2D eigenvalue weighted by molar-refractivity contribution is -0.143. The lowest BCUT2D eigenvalue weighted by atomic mass is 10.0. The summed E-state index contributed by atoms with van der Waals surface area (Å²) in [5.41, 5.74) is 1.04. The van der Waals surface area contributed by atoms with Gasteiger partial charge < -0.3 is 19.3 Å². The lowest BCUT2D eigenvalue weighted by Gasteiger charge is -2.37. The van der Waals surface area contributed by atoms with Crippen molar-refractivity contribution in [3.05, 3.63) is 52.0 Å². The summed E-state index contributed by atoms with van der Waals surface area (Å²) < 4.78 is 25.0. The predicted molar refractivity (Wildman–Crippen MR) is 116 cm³/mol. The Balaban J connectivity index is 1.49. The van der Waals surface area contributed by atoms with Gasteiger partial charge in [-0.05, 0) is 48.4 Å². The fourth-order valence-corrected chi connectivity index (χ4v) is 4.84. The summed E-state index contributed by atoms with van der Waals surface area (Å²) >= 11 is 1.66. The van der Waals surface area contributed by atoms with Crippen molar-refractivity contribution in [1.82, 2.24) is 9.80 Å². The zero-order valence-electron chi connectivity index (χ0n) is 17.6. The fraction of sp³-hybridized carbons (Fsp3) is 0.478. The van der Waals surface area contributed by atoms with Crippen LogP contribution in [-0.2, 0) is 20.7 Å². The minimum absolute atomic E-state index is 0.0222. The highest BCUT2D eigenvalue weighted by atomic mass is 32.1. The van der Waals surface area contributed by atoms with Crippen LogP contribution >= 0.6 is 11.3 Å². The SMILES string of the molecule is COCCN(CC(=O)N1CCc2sccc2[C@H]1COc1ccccc1F)C(=O)C1CC1. The molecule has 0 saturated heterocycles. The molecule has 1 saturated carbocycles. The van der Waals surface area contributed by atoms with E-state index in [0.29, 0.717) is 19.7 Å². The van der Waals surface area contributed by atoms with Gasteiger partial charge in [0.25, 0.3) is 0 Å². The largest absolute Gasteiger partial charge is 0.488 e. The Morgan fingerprint density at radius 3 is 2.81 bits per heavy atom. The van der Waals surface area contributed by atoms with E-state index >= 15 is 0 Å². The molecular formula is C23H27FN2O4S. The van der Waals surface area contributed by atoms with Crippen LogP contribution in [0.2, 0.25) is 0 Å². The topological polar surface area (TPSA) is 59.1 Å². The molecule has 6 nitrogen and oxygen atoms in total. The highest BCUT2D eigenvalue weighted by Crippen LogP contribution is 2.35. The van der Waals surface area contributed by atoms with Gasteiger partial charge in [0, 0.05) is 31.0 Å². The molecule has 8 heteroatoms. The summed E-state index contributed by atoms with van der Waals surface area (Å²) in [6.45, 7) is 1.51. The molecule has 0 radical (unpaired) electrons. The quantitative estimate of drug-likeness (QED) is 0.593. The van der Waals surface area contributed by atoms with Crippen LogP contribution in [0.4, 0.5) is 4.39 Å². The minimum atomic E-state index is -0.428. The average molecular weight is 447 g/mol. The normalized spacial score (nSPS) is 17.9. The van der Waals surface area contributed by atoms with Crippen LogP contribution in [0.1, 0.15) is 29.3 Å². The van der Waals surface area contributed by atoms with Crippen molar-refractivity contribution in [1.29, 1.82) is 0 Å². The molecule has 2 amide bonds. The zero-order chi connectivity index (χ0) is 21.8. The molecule has 2 aromatic rings. The molecule has 31 heavy (non-hydrogen) atoms. The van der Waals surface area contributed by atoms with E-state index in [1.165, 1.54) is 10.9 Å². The second-order valence-electron chi connectivity index (χ2n) is 7.92. The average Bonchev–Trinajstić information content (AvgIpc) is 3.52. The molecule has 0 unspecified atom stereocenters. The third-order valence-corrected chi connectivity index (χ3v) is 6.77. The molecule has 4 rings (SSSR count). The van der Waals surface area contributed by atoms with E-state index in [4.69, 9.17) is 9.47 Å². The summed E-state index contributed by atoms with van der Waals surface area (Å²) in [4.78, 5) is 30.6. The molecule has 1 fully saturated rings. The number of thiophene rings is 1. The molecular weight excluding hydrogens is 419 g/mol. The highest BCUT2D eigenvalue weighted by Gasteiger charge is 2.37. The number of fused-ring (bicyclic) bond motifs is 1. The van der Waals surface area contributed by atoms with E-state index < -0.39 is 5.82 Å². The molecule has 1 aromatic carbocycles. The number of benzene rings is 1. The maximum Gasteiger partial charge on any atom is 0.242 e. The Morgan fingerprint density at radius 1 is 1.26 bits per heavy atom. The smallest absolute Gasteiger partial charge is 0.242 e. The maximum atomic E-state index is 14.0. The van der Waals surface area contributed by atoms with Crippen molar-refractivity contribution in [2.75, 3.05) is 40.0 Å². The third kappa shape index (κ3) is 5.07. The highest BCUT2D eigenvalue weighted by molar-refractivity contribution is 7.10. The maximum absolute atomic E-state index is 14.0. The standard InChI is InChI=1S/C23H27FN2O4S/c1-29-12-11-25(23(28)16-6-7-16)14-22(27)26-10-8-21-17(9-13-31-21)19(26)15-30-20-5-3-2-4-18(20)24/h2-5,9,13,16,19H,6-8,10-12,14-15H2,1H3/t19-/m1/s1. The summed E-state index contributed by atoms with van der Waals surface area (Å²) in [5, 5.41) is 2.01. The van der Waals surface area contributed by atoms with Crippen molar-refractivity contribution in [3.8, 4) is 5.75 Å². The van der Waals surface area contributed by atoms with E-state index in [-0.39, 0.29) is 42.7 Å². The Bertz CT molecular complexity index is 930. The van der Waals surface area contributed by atoms with Crippen molar-refractivity contribution < 1.29 is 23.5 Å². The van der Waals surface area contributed by atoms with E-state index in [9.17, 15) is 14.0 Å². The van der Waals surface area contributed by atoms with Crippen LogP contribution in [0.25, 0.3) is 0 Å². The van der Waals surface area contributed by atoms with E-state index in [0.717, 1.165) is 24.8 Å². The summed E-state index contributed by atoms with van der Waals surface area (Å²) in [6.07, 6.45) is 2.54. The number of ether oxygens (including phenoxy) is 2. The van der Waals surface area contributed by atoms with Gasteiger partial charge in [0.1, 0.15) is 6.61 Å². The van der Waals surface area contributed by atoms with Gasteiger partial charge in [-0.3, -0.25) is 9.59 Å². The van der Waals surface area contributed by atoms with Gasteiger partial charge in [-0.1, -0.05) is 12.1 Å². The van der Waals surface area contributed by atoms with Crippen LogP contribution in [0.3, 0.4) is 0 Å². The number of carbonyl (C=O) groups is 2. The van der Waals surface area contributed by atoms with Gasteiger partial charge in [0.2, 0.25) is 11.8 Å². The van der Waals surface area contributed by atoms with Gasteiger partial charge in [-0.15, -0.1) is 11.3 Å². The summed E-state index contributed by atoms with van der Waals surface area (Å²) in [6, 6.07) is 7.96. The number of hydrogen-bond donors (Lipinski definition) is 0. The number of halogens is 1. The molecule has 0 N–H and O–H groups in total. The molecule has 2 heterocycles. The molecule has 2 aliphatic rings. The summed E-state index contributed by atoms with van der Waals surface area (Å²) in [5.74, 6) is -0.318. The Labute approximate surface area is 185 Å². The Hall–Kier alpha value is -2.45. The molecule has 1 atom stereocenters. The third-order valence-electron chi connectivity index (χ3n) is 5.78. The molecule has 0 bridgehead atoms. The molecule has 166 valence electrons. The monoisotopic (exact) mass is 446 g/mol. The number of hydrogen-bond acceptors (Lipinski definition) is 5. The van der Waals surface area contributed by atoms with Crippen LogP contribution in [0, 0.1) is 11.7 Å². The minimum Gasteiger partial charge on any atom is -0.488 e. The van der Waals surface area contributed by atoms with Gasteiger partial charge >= 0.3 is 0 Å². The fourth-order valence-electron chi connectivity index (χ4n) is 3.92. The van der Waals surface area contributed by atoms with Crippen molar-refractivity contribution in [2.45, 2.75) is 25.3 Å². The van der Waals surface area contributed by atoms with Crippen LogP contribution in [0.5, 0.6) is 5.75 Å². The molecule has 1 aromatic heterocycles. The number of para-hydroxylation sites is 1. The number of rotatable bonds is 9. The first-order valence-electron chi connectivity index (χ1n) is 10.6. The van der Waals surface area contributed by atoms with E-state index in [2.05, 4.69) is 0 Å². The second-order valence-corrected chi connectivity index (χ2v) is 8.92. The molecule has 0 spiro atoms. The number of amides is 2. The second kappa shape index (κ2) is 9.78. The number of nitrogens with zero attached hydrogens (tertiary/aromatic N) is 2. The van der Waals surface area contributed by atoms with Crippen LogP contribution < -0.4 is 4.74 Å². The van der Waals surface area contributed by atoms with Crippen molar-refractivity contribution >= 4 is 23.2 Å². The van der Waals surface area contributed by atoms with Crippen molar-refractivity contribution in [3.63, 3.8) is 0 Å². The van der Waals surface area contributed by atoms with E-state index in [1.807, 2.05) is 11.4 Å².